The fraction of sp³-hybridized carbons (Fsp3) is 0.360. The van der Waals surface area contributed by atoms with Crippen molar-refractivity contribution in [1.82, 2.24) is 0 Å². The van der Waals surface area contributed by atoms with Crippen LogP contribution in [0.4, 0.5) is 0 Å². The van der Waals surface area contributed by atoms with E-state index in [-0.39, 0.29) is 0 Å². The molecular formula is C25H32O3. The second-order valence-corrected chi connectivity index (χ2v) is 7.43. The summed E-state index contributed by atoms with van der Waals surface area (Å²) in [5.74, 6) is -0.0759. The van der Waals surface area contributed by atoms with Crippen LogP contribution in [0, 0.1) is 19.8 Å². The second-order valence-electron chi connectivity index (χ2n) is 7.43. The molecule has 0 unspecified atom stereocenters. The fourth-order valence-corrected chi connectivity index (χ4v) is 3.55. The molecule has 3 nitrogen and oxygen atoms in total. The van der Waals surface area contributed by atoms with Gasteiger partial charge < -0.3 is 15.3 Å². The van der Waals surface area contributed by atoms with E-state index in [9.17, 15) is 15.3 Å². The first-order valence-electron chi connectivity index (χ1n) is 9.90. The molecule has 0 radical (unpaired) electrons. The summed E-state index contributed by atoms with van der Waals surface area (Å²) in [6.07, 6.45) is 4.49. The van der Waals surface area contributed by atoms with Crippen molar-refractivity contribution in [3.05, 3.63) is 82.9 Å². The molecule has 0 aliphatic carbocycles. The number of aliphatic hydroxyl groups is 2. The lowest BCUT2D eigenvalue weighted by molar-refractivity contribution is 0.0318. The molecule has 28 heavy (non-hydrogen) atoms. The van der Waals surface area contributed by atoms with Gasteiger partial charge in [-0.15, -0.1) is 6.58 Å². The van der Waals surface area contributed by atoms with Crippen LogP contribution in [0.5, 0.6) is 5.75 Å². The molecule has 2 rings (SSSR count). The highest BCUT2D eigenvalue weighted by molar-refractivity contribution is 5.58. The van der Waals surface area contributed by atoms with Crippen LogP contribution in [0.25, 0.3) is 6.08 Å². The summed E-state index contributed by atoms with van der Waals surface area (Å²) in [7, 11) is 0. The lowest BCUT2D eigenvalue weighted by atomic mass is 9.87. The number of benzene rings is 2. The van der Waals surface area contributed by atoms with Crippen LogP contribution in [-0.2, 0) is 0 Å². The van der Waals surface area contributed by atoms with E-state index in [1.807, 2.05) is 56.3 Å². The molecule has 0 aromatic heterocycles. The molecule has 0 aliphatic heterocycles. The van der Waals surface area contributed by atoms with Crippen molar-refractivity contribution in [2.24, 2.45) is 5.92 Å². The van der Waals surface area contributed by atoms with Gasteiger partial charge in [-0.3, -0.25) is 0 Å². The van der Waals surface area contributed by atoms with Gasteiger partial charge in [0.1, 0.15) is 5.75 Å². The first-order valence-corrected chi connectivity index (χ1v) is 9.90. The van der Waals surface area contributed by atoms with Crippen molar-refractivity contribution in [3.8, 4) is 5.75 Å². The number of aliphatic hydroxyl groups excluding tert-OH is 2. The summed E-state index contributed by atoms with van der Waals surface area (Å²) in [6, 6.07) is 13.3. The van der Waals surface area contributed by atoms with E-state index in [1.165, 1.54) is 5.57 Å². The zero-order valence-corrected chi connectivity index (χ0v) is 17.1. The Morgan fingerprint density at radius 3 is 2.21 bits per heavy atom. The quantitative estimate of drug-likeness (QED) is 0.505. The summed E-state index contributed by atoms with van der Waals surface area (Å²) in [6.45, 7) is 9.71. The average Bonchev–Trinajstić information content (AvgIpc) is 2.70. The van der Waals surface area contributed by atoms with Crippen LogP contribution >= 0.6 is 0 Å². The molecule has 0 saturated heterocycles. The number of phenolic OH excluding ortho intramolecular Hbond substituents is 1. The number of phenols is 1. The summed E-state index contributed by atoms with van der Waals surface area (Å²) >= 11 is 0. The predicted octanol–water partition coefficient (Wildman–Crippen LogP) is 5.48. The van der Waals surface area contributed by atoms with Gasteiger partial charge in [-0.05, 0) is 67.5 Å². The third-order valence-electron chi connectivity index (χ3n) is 5.32. The van der Waals surface area contributed by atoms with Crippen molar-refractivity contribution >= 4 is 6.08 Å². The van der Waals surface area contributed by atoms with Crippen LogP contribution < -0.4 is 0 Å². The van der Waals surface area contributed by atoms with Crippen molar-refractivity contribution in [1.29, 1.82) is 0 Å². The van der Waals surface area contributed by atoms with Crippen molar-refractivity contribution in [3.63, 3.8) is 0 Å². The van der Waals surface area contributed by atoms with E-state index < -0.39 is 18.1 Å². The number of hydrogen-bond donors (Lipinski definition) is 3. The van der Waals surface area contributed by atoms with Gasteiger partial charge in [-0.25, -0.2) is 0 Å². The van der Waals surface area contributed by atoms with Crippen LogP contribution in [0.2, 0.25) is 0 Å². The van der Waals surface area contributed by atoms with Crippen LogP contribution in [0.1, 0.15) is 54.5 Å². The molecule has 0 aliphatic rings. The Balaban J connectivity index is 2.08. The smallest absolute Gasteiger partial charge is 0.121 e. The monoisotopic (exact) mass is 380 g/mol. The van der Waals surface area contributed by atoms with Crippen LogP contribution in [0.3, 0.4) is 0 Å². The molecule has 0 bridgehead atoms. The van der Waals surface area contributed by atoms with Gasteiger partial charge in [-0.1, -0.05) is 55.0 Å². The summed E-state index contributed by atoms with van der Waals surface area (Å²) in [4.78, 5) is 0. The molecule has 3 atom stereocenters. The Morgan fingerprint density at radius 2 is 1.68 bits per heavy atom. The minimum Gasteiger partial charge on any atom is -0.507 e. The van der Waals surface area contributed by atoms with Gasteiger partial charge in [0.05, 0.1) is 12.2 Å². The predicted molar refractivity (Wildman–Crippen MR) is 116 cm³/mol. The molecule has 3 N–H and O–H groups in total. The SMILES string of the molecule is C=C[C@H]([C@H](O)CC/C(=C/c1cc(C)c(O)c(C)c1)CC)[C@H](O)c1ccccc1. The van der Waals surface area contributed by atoms with Gasteiger partial charge >= 0.3 is 0 Å². The largest absolute Gasteiger partial charge is 0.507 e. The molecule has 0 amide bonds. The average molecular weight is 381 g/mol. The highest BCUT2D eigenvalue weighted by Crippen LogP contribution is 2.29. The minimum atomic E-state index is -0.773. The first-order chi connectivity index (χ1) is 13.4. The second kappa shape index (κ2) is 10.3. The highest BCUT2D eigenvalue weighted by Gasteiger charge is 2.25. The Kier molecular flexibility index (Phi) is 8.04. The number of hydrogen-bond acceptors (Lipinski definition) is 3. The van der Waals surface area contributed by atoms with Gasteiger partial charge in [0.15, 0.2) is 0 Å². The Hall–Kier alpha value is -2.36. The maximum absolute atomic E-state index is 10.7. The van der Waals surface area contributed by atoms with E-state index in [4.69, 9.17) is 0 Å². The summed E-state index contributed by atoms with van der Waals surface area (Å²) < 4.78 is 0. The zero-order chi connectivity index (χ0) is 20.7. The van der Waals surface area contributed by atoms with E-state index >= 15 is 0 Å². The van der Waals surface area contributed by atoms with Crippen LogP contribution in [-0.4, -0.2) is 21.4 Å². The highest BCUT2D eigenvalue weighted by atomic mass is 16.3. The number of aromatic hydroxyl groups is 1. The Morgan fingerprint density at radius 1 is 1.07 bits per heavy atom. The van der Waals surface area contributed by atoms with Crippen molar-refractivity contribution in [2.45, 2.75) is 52.2 Å². The standard InChI is InChI=1S/C25H32O3/c1-5-19(16-20-14-17(3)24(27)18(4)15-20)12-13-23(26)22(6-2)25(28)21-10-8-7-9-11-21/h6-11,14-16,22-23,25-28H,2,5,12-13H2,1,3-4H3/b19-16+/t22-,23-,25-/m1/s1. The maximum atomic E-state index is 10.7. The third-order valence-corrected chi connectivity index (χ3v) is 5.32. The van der Waals surface area contributed by atoms with E-state index in [0.717, 1.165) is 35.1 Å². The van der Waals surface area contributed by atoms with Crippen LogP contribution in [0.15, 0.2) is 60.7 Å². The normalized spacial score (nSPS) is 15.1. The number of allylic oxidation sites excluding steroid dienone is 1. The van der Waals surface area contributed by atoms with Crippen molar-refractivity contribution in [2.75, 3.05) is 0 Å². The molecule has 0 heterocycles. The molecule has 150 valence electrons. The van der Waals surface area contributed by atoms with E-state index in [1.54, 1.807) is 6.08 Å². The third kappa shape index (κ3) is 5.57. The molecule has 0 fully saturated rings. The molecule has 2 aromatic carbocycles. The lowest BCUT2D eigenvalue weighted by Gasteiger charge is -2.25. The number of aryl methyl sites for hydroxylation is 2. The lowest BCUT2D eigenvalue weighted by Crippen LogP contribution is -2.25. The Labute approximate surface area is 168 Å². The van der Waals surface area contributed by atoms with E-state index in [2.05, 4.69) is 19.6 Å². The maximum Gasteiger partial charge on any atom is 0.121 e. The first kappa shape index (κ1) is 21.9. The Bertz CT molecular complexity index is 785. The summed E-state index contributed by atoms with van der Waals surface area (Å²) in [5.41, 5.74) is 4.79. The number of rotatable bonds is 9. The van der Waals surface area contributed by atoms with Gasteiger partial charge in [0.25, 0.3) is 0 Å². The van der Waals surface area contributed by atoms with Crippen molar-refractivity contribution < 1.29 is 15.3 Å². The minimum absolute atomic E-state index is 0.342. The van der Waals surface area contributed by atoms with Gasteiger partial charge in [0, 0.05) is 5.92 Å². The molecular weight excluding hydrogens is 348 g/mol. The van der Waals surface area contributed by atoms with E-state index in [0.29, 0.717) is 12.2 Å². The van der Waals surface area contributed by atoms with Gasteiger partial charge in [0.2, 0.25) is 0 Å². The molecule has 0 saturated carbocycles. The molecule has 0 spiro atoms. The molecule has 3 heteroatoms. The molecule has 2 aromatic rings. The topological polar surface area (TPSA) is 60.7 Å². The fourth-order valence-electron chi connectivity index (χ4n) is 3.55. The summed E-state index contributed by atoms with van der Waals surface area (Å²) in [5, 5.41) is 31.3. The zero-order valence-electron chi connectivity index (χ0n) is 17.1. The van der Waals surface area contributed by atoms with Gasteiger partial charge in [-0.2, -0.15) is 0 Å².